The highest BCUT2D eigenvalue weighted by molar-refractivity contribution is 5.93. The van der Waals surface area contributed by atoms with Crippen LogP contribution in [0.25, 0.3) is 0 Å². The number of nitrogens with zero attached hydrogens (tertiary/aromatic N) is 2. The van der Waals surface area contributed by atoms with E-state index in [9.17, 15) is 9.59 Å². The smallest absolute Gasteiger partial charge is 0.352 e. The molecule has 5 heteroatoms. The molecule has 0 saturated carbocycles. The molecule has 0 bridgehead atoms. The van der Waals surface area contributed by atoms with Crippen molar-refractivity contribution in [1.29, 1.82) is 0 Å². The van der Waals surface area contributed by atoms with Gasteiger partial charge in [0.1, 0.15) is 5.70 Å². The molecule has 0 fully saturated rings. The van der Waals surface area contributed by atoms with Crippen molar-refractivity contribution in [2.75, 3.05) is 20.6 Å². The van der Waals surface area contributed by atoms with Gasteiger partial charge in [-0.15, -0.1) is 0 Å². The quantitative estimate of drug-likeness (QED) is 0.600. The molecule has 66 valence electrons. The van der Waals surface area contributed by atoms with Crippen LogP contribution in [0.1, 0.15) is 0 Å². The molecule has 0 saturated heterocycles. The maximum absolute atomic E-state index is 11.2. The van der Waals surface area contributed by atoms with E-state index >= 15 is 0 Å². The number of likely N-dealkylation sites (N-methyl/N-ethyl adjacent to an activating group) is 2. The number of carboxylic acids is 1. The first-order valence-electron chi connectivity index (χ1n) is 3.46. The summed E-state index contributed by atoms with van der Waals surface area (Å²) >= 11 is 0. The Morgan fingerprint density at radius 1 is 1.58 bits per heavy atom. The summed E-state index contributed by atoms with van der Waals surface area (Å²) < 4.78 is 0. The monoisotopic (exact) mass is 170 g/mol. The molecule has 0 aromatic heterocycles. The molecule has 0 aromatic carbocycles. The normalized spacial score (nSPS) is 17.8. The summed E-state index contributed by atoms with van der Waals surface area (Å²) in [5, 5.41) is 8.63. The Hall–Kier alpha value is -1.52. The summed E-state index contributed by atoms with van der Waals surface area (Å²) in [4.78, 5) is 24.3. The molecule has 0 atom stereocenters. The van der Waals surface area contributed by atoms with E-state index in [1.165, 1.54) is 18.0 Å². The Morgan fingerprint density at radius 2 is 2.17 bits per heavy atom. The van der Waals surface area contributed by atoms with Gasteiger partial charge in [-0.05, 0) is 6.08 Å². The third-order valence-electron chi connectivity index (χ3n) is 1.75. The molecule has 1 heterocycles. The third-order valence-corrected chi connectivity index (χ3v) is 1.75. The van der Waals surface area contributed by atoms with Gasteiger partial charge in [-0.3, -0.25) is 4.90 Å². The molecule has 0 spiro atoms. The van der Waals surface area contributed by atoms with Crippen molar-refractivity contribution >= 4 is 12.0 Å². The molecule has 0 unspecified atom stereocenters. The minimum Gasteiger partial charge on any atom is -0.477 e. The fourth-order valence-corrected chi connectivity index (χ4v) is 1.03. The van der Waals surface area contributed by atoms with Gasteiger partial charge in [0.05, 0.1) is 0 Å². The van der Waals surface area contributed by atoms with Crippen molar-refractivity contribution in [2.24, 2.45) is 0 Å². The van der Waals surface area contributed by atoms with Gasteiger partial charge in [-0.25, -0.2) is 9.59 Å². The summed E-state index contributed by atoms with van der Waals surface area (Å²) in [6, 6.07) is -0.296. The fourth-order valence-electron chi connectivity index (χ4n) is 1.03. The summed E-state index contributed by atoms with van der Waals surface area (Å²) in [7, 11) is 3.06. The largest absolute Gasteiger partial charge is 0.477 e. The number of amides is 2. The Balaban J connectivity index is 2.92. The first-order valence-corrected chi connectivity index (χ1v) is 3.46. The first kappa shape index (κ1) is 8.58. The molecule has 1 aliphatic heterocycles. The van der Waals surface area contributed by atoms with Crippen molar-refractivity contribution in [3.05, 3.63) is 11.8 Å². The van der Waals surface area contributed by atoms with Crippen molar-refractivity contribution < 1.29 is 14.7 Å². The number of urea groups is 1. The van der Waals surface area contributed by atoms with Crippen LogP contribution < -0.4 is 0 Å². The van der Waals surface area contributed by atoms with Gasteiger partial charge in [0.15, 0.2) is 0 Å². The van der Waals surface area contributed by atoms with Crippen LogP contribution in [-0.4, -0.2) is 47.5 Å². The Kier molecular flexibility index (Phi) is 2.03. The minimum atomic E-state index is -1.07. The number of hydrogen-bond acceptors (Lipinski definition) is 2. The maximum atomic E-state index is 11.2. The number of carboxylic acid groups (broad SMARTS) is 1. The molecule has 1 aliphatic rings. The molecule has 1 N–H and O–H groups in total. The third kappa shape index (κ3) is 1.25. The number of carbonyl (C=O) groups is 2. The van der Waals surface area contributed by atoms with Crippen LogP contribution in [0.3, 0.4) is 0 Å². The van der Waals surface area contributed by atoms with Crippen LogP contribution in [0.15, 0.2) is 11.8 Å². The molecule has 0 aromatic rings. The van der Waals surface area contributed by atoms with Gasteiger partial charge in [-0.1, -0.05) is 0 Å². The highest BCUT2D eigenvalue weighted by Gasteiger charge is 2.25. The lowest BCUT2D eigenvalue weighted by molar-refractivity contribution is -0.134. The van der Waals surface area contributed by atoms with Gasteiger partial charge in [-0.2, -0.15) is 0 Å². The predicted octanol–water partition coefficient (Wildman–Crippen LogP) is -0.0479. The van der Waals surface area contributed by atoms with E-state index in [0.717, 1.165) is 4.90 Å². The topological polar surface area (TPSA) is 60.9 Å². The van der Waals surface area contributed by atoms with Crippen molar-refractivity contribution in [3.8, 4) is 0 Å². The number of rotatable bonds is 1. The summed E-state index contributed by atoms with van der Waals surface area (Å²) in [5.74, 6) is -1.07. The molecule has 0 aliphatic carbocycles. The Bertz CT molecular complexity index is 259. The highest BCUT2D eigenvalue weighted by Crippen LogP contribution is 2.10. The molecular formula is C7H10N2O3. The van der Waals surface area contributed by atoms with Gasteiger partial charge in [0.2, 0.25) is 0 Å². The molecule has 2 amide bonds. The van der Waals surface area contributed by atoms with Gasteiger partial charge in [0.25, 0.3) is 0 Å². The second-order valence-electron chi connectivity index (χ2n) is 2.62. The van der Waals surface area contributed by atoms with E-state index in [-0.39, 0.29) is 11.7 Å². The SMILES string of the molecule is CN1CC=C(C(=O)O)N(C)C1=O. The lowest BCUT2D eigenvalue weighted by Crippen LogP contribution is -2.44. The van der Waals surface area contributed by atoms with Gasteiger partial charge >= 0.3 is 12.0 Å². The Labute approximate surface area is 69.9 Å². The molecule has 5 nitrogen and oxygen atoms in total. The second kappa shape index (κ2) is 2.84. The van der Waals surface area contributed by atoms with E-state index in [1.54, 1.807) is 7.05 Å². The van der Waals surface area contributed by atoms with E-state index < -0.39 is 5.97 Å². The zero-order valence-corrected chi connectivity index (χ0v) is 6.94. The van der Waals surface area contributed by atoms with Crippen LogP contribution in [-0.2, 0) is 4.79 Å². The Morgan fingerprint density at radius 3 is 2.67 bits per heavy atom. The van der Waals surface area contributed by atoms with E-state index in [4.69, 9.17) is 5.11 Å². The summed E-state index contributed by atoms with van der Waals surface area (Å²) in [6.07, 6.45) is 1.50. The summed E-state index contributed by atoms with van der Waals surface area (Å²) in [6.45, 7) is 0.352. The van der Waals surface area contributed by atoms with Crippen LogP contribution in [0.4, 0.5) is 4.79 Å². The minimum absolute atomic E-state index is 0.0399. The summed E-state index contributed by atoms with van der Waals surface area (Å²) in [5.41, 5.74) is 0.0399. The fraction of sp³-hybridized carbons (Fsp3) is 0.429. The van der Waals surface area contributed by atoms with Crippen LogP contribution in [0.5, 0.6) is 0 Å². The standard InChI is InChI=1S/C7H10N2O3/c1-8-4-3-5(6(10)11)9(2)7(8)12/h3H,4H2,1-2H3,(H,10,11). The predicted molar refractivity (Wildman–Crippen MR) is 41.5 cm³/mol. The number of aliphatic carboxylic acids is 1. The highest BCUT2D eigenvalue weighted by atomic mass is 16.4. The number of carbonyl (C=O) groups excluding carboxylic acids is 1. The van der Waals surface area contributed by atoms with Crippen molar-refractivity contribution in [3.63, 3.8) is 0 Å². The van der Waals surface area contributed by atoms with Crippen LogP contribution in [0.2, 0.25) is 0 Å². The lowest BCUT2D eigenvalue weighted by Gasteiger charge is -2.28. The first-order chi connectivity index (χ1) is 5.54. The average Bonchev–Trinajstić information content (AvgIpc) is 2.00. The molecule has 0 radical (unpaired) electrons. The molecule has 12 heavy (non-hydrogen) atoms. The zero-order chi connectivity index (χ0) is 9.30. The molecule has 1 rings (SSSR count). The van der Waals surface area contributed by atoms with Gasteiger partial charge in [0, 0.05) is 20.6 Å². The van der Waals surface area contributed by atoms with Crippen LogP contribution in [0, 0.1) is 0 Å². The van der Waals surface area contributed by atoms with Crippen molar-refractivity contribution in [2.45, 2.75) is 0 Å². The van der Waals surface area contributed by atoms with Gasteiger partial charge < -0.3 is 10.0 Å². The average molecular weight is 170 g/mol. The van der Waals surface area contributed by atoms with Crippen LogP contribution >= 0.6 is 0 Å². The van der Waals surface area contributed by atoms with Crippen molar-refractivity contribution in [1.82, 2.24) is 9.80 Å². The molecular weight excluding hydrogens is 160 g/mol. The zero-order valence-electron chi connectivity index (χ0n) is 6.94. The maximum Gasteiger partial charge on any atom is 0.352 e. The van der Waals surface area contributed by atoms with E-state index in [2.05, 4.69) is 0 Å². The number of hydrogen-bond donors (Lipinski definition) is 1. The van der Waals surface area contributed by atoms with E-state index in [1.807, 2.05) is 0 Å². The second-order valence-corrected chi connectivity index (χ2v) is 2.62. The van der Waals surface area contributed by atoms with E-state index in [0.29, 0.717) is 6.54 Å². The lowest BCUT2D eigenvalue weighted by atomic mass is 10.3.